The summed E-state index contributed by atoms with van der Waals surface area (Å²) in [5, 5.41) is 20.8. The molecule has 0 amide bonds. The lowest BCUT2D eigenvalue weighted by Gasteiger charge is -2.14. The molecule has 2 rings (SSSR count). The predicted octanol–water partition coefficient (Wildman–Crippen LogP) is 0.813. The minimum absolute atomic E-state index is 0.0313. The van der Waals surface area contributed by atoms with E-state index in [0.29, 0.717) is 11.1 Å². The molecule has 1 heterocycles. The number of nitrogen functional groups attached to an aromatic ring is 1. The van der Waals surface area contributed by atoms with Crippen LogP contribution in [0.4, 0.5) is 15.9 Å². The van der Waals surface area contributed by atoms with Crippen molar-refractivity contribution in [3.8, 4) is 0 Å². The predicted molar refractivity (Wildman–Crippen MR) is 68.2 cm³/mol. The highest BCUT2D eigenvalue weighted by Gasteiger charge is 2.19. The molecule has 0 aliphatic rings. The molecule has 7 heteroatoms. The summed E-state index contributed by atoms with van der Waals surface area (Å²) in [5.74, 6) is -1.80. The van der Waals surface area contributed by atoms with E-state index < -0.39 is 24.4 Å². The number of nitrogens with one attached hydrogen (secondary N) is 1. The second-order valence-corrected chi connectivity index (χ2v) is 3.94. The maximum atomic E-state index is 13.8. The molecule has 1 aromatic carbocycles. The molecule has 0 saturated heterocycles. The van der Waals surface area contributed by atoms with Crippen LogP contribution in [-0.2, 0) is 4.79 Å². The Morgan fingerprint density at radius 3 is 2.84 bits per heavy atom. The normalized spacial score (nSPS) is 12.3. The number of hydrogen-bond donors (Lipinski definition) is 4. The number of rotatable bonds is 4. The van der Waals surface area contributed by atoms with E-state index in [9.17, 15) is 9.18 Å². The Hall–Kier alpha value is -2.41. The van der Waals surface area contributed by atoms with Gasteiger partial charge in [0, 0.05) is 17.3 Å². The molecule has 0 spiro atoms. The highest BCUT2D eigenvalue weighted by atomic mass is 19.1. The number of aliphatic carboxylic acids is 1. The lowest BCUT2D eigenvalue weighted by Crippen LogP contribution is -2.33. The van der Waals surface area contributed by atoms with Gasteiger partial charge in [0.25, 0.3) is 0 Å². The molecule has 0 radical (unpaired) electrons. The molecular formula is C12H12FN3O3. The number of aromatic nitrogens is 1. The number of nitrogens with two attached hydrogens (primary N) is 1. The Morgan fingerprint density at radius 1 is 1.47 bits per heavy atom. The minimum atomic E-state index is -1.26. The van der Waals surface area contributed by atoms with Crippen molar-refractivity contribution < 1.29 is 19.4 Å². The van der Waals surface area contributed by atoms with Gasteiger partial charge >= 0.3 is 5.97 Å². The second kappa shape index (κ2) is 5.07. The fourth-order valence-electron chi connectivity index (χ4n) is 1.74. The Bertz CT molecular complexity index is 633. The summed E-state index contributed by atoms with van der Waals surface area (Å²) in [6, 6.07) is 2.87. The van der Waals surface area contributed by atoms with Crippen LogP contribution in [0.5, 0.6) is 0 Å². The van der Waals surface area contributed by atoms with E-state index in [4.69, 9.17) is 15.9 Å². The van der Waals surface area contributed by atoms with Crippen LogP contribution in [0.15, 0.2) is 24.4 Å². The maximum Gasteiger partial charge on any atom is 0.328 e. The number of nitrogens with zero attached hydrogens (tertiary/aromatic N) is 1. The first kappa shape index (κ1) is 13.0. The SMILES string of the molecule is Nc1ccc(F)c2c(NC(CO)C(=O)O)nccc12. The van der Waals surface area contributed by atoms with Gasteiger partial charge in [-0.25, -0.2) is 14.2 Å². The van der Waals surface area contributed by atoms with Gasteiger partial charge in [0.2, 0.25) is 0 Å². The fourth-order valence-corrected chi connectivity index (χ4v) is 1.74. The first-order valence-corrected chi connectivity index (χ1v) is 5.47. The van der Waals surface area contributed by atoms with E-state index in [0.717, 1.165) is 0 Å². The Balaban J connectivity index is 2.55. The smallest absolute Gasteiger partial charge is 0.328 e. The number of carboxylic acid groups (broad SMARTS) is 1. The van der Waals surface area contributed by atoms with Crippen LogP contribution in [0.25, 0.3) is 10.8 Å². The van der Waals surface area contributed by atoms with Gasteiger partial charge in [-0.15, -0.1) is 0 Å². The first-order chi connectivity index (χ1) is 9.04. The van der Waals surface area contributed by atoms with Gasteiger partial charge < -0.3 is 21.3 Å². The number of hydrogen-bond acceptors (Lipinski definition) is 5. The molecule has 0 bridgehead atoms. The van der Waals surface area contributed by atoms with Crippen molar-refractivity contribution >= 4 is 28.2 Å². The number of carbonyl (C=O) groups is 1. The monoisotopic (exact) mass is 265 g/mol. The Labute approximate surface area is 107 Å². The van der Waals surface area contributed by atoms with Crippen molar-refractivity contribution in [1.29, 1.82) is 0 Å². The van der Waals surface area contributed by atoms with Crippen LogP contribution in [0.3, 0.4) is 0 Å². The van der Waals surface area contributed by atoms with E-state index in [1.165, 1.54) is 24.4 Å². The van der Waals surface area contributed by atoms with Gasteiger partial charge in [0.05, 0.1) is 12.0 Å². The van der Waals surface area contributed by atoms with E-state index in [1.54, 1.807) is 0 Å². The summed E-state index contributed by atoms with van der Waals surface area (Å²) < 4.78 is 13.8. The number of anilines is 2. The average Bonchev–Trinajstić information content (AvgIpc) is 2.40. The molecule has 0 fully saturated rings. The number of fused-ring (bicyclic) bond motifs is 1. The minimum Gasteiger partial charge on any atom is -0.480 e. The third kappa shape index (κ3) is 2.41. The van der Waals surface area contributed by atoms with Crippen molar-refractivity contribution in [3.05, 3.63) is 30.2 Å². The molecular weight excluding hydrogens is 253 g/mol. The van der Waals surface area contributed by atoms with Gasteiger partial charge in [0.1, 0.15) is 17.7 Å². The first-order valence-electron chi connectivity index (χ1n) is 5.47. The van der Waals surface area contributed by atoms with Crippen molar-refractivity contribution in [1.82, 2.24) is 4.98 Å². The topological polar surface area (TPSA) is 108 Å². The molecule has 1 atom stereocenters. The molecule has 0 aliphatic carbocycles. The van der Waals surface area contributed by atoms with Gasteiger partial charge in [-0.1, -0.05) is 0 Å². The molecule has 1 aromatic heterocycles. The third-order valence-electron chi connectivity index (χ3n) is 2.70. The highest BCUT2D eigenvalue weighted by molar-refractivity contribution is 6.00. The number of aliphatic hydroxyl groups is 1. The van der Waals surface area contributed by atoms with Crippen molar-refractivity contribution in [3.63, 3.8) is 0 Å². The molecule has 2 aromatic rings. The summed E-state index contributed by atoms with van der Waals surface area (Å²) in [4.78, 5) is 14.8. The fraction of sp³-hybridized carbons (Fsp3) is 0.167. The molecule has 1 unspecified atom stereocenters. The van der Waals surface area contributed by atoms with Gasteiger partial charge in [-0.2, -0.15) is 0 Å². The number of pyridine rings is 1. The van der Waals surface area contributed by atoms with Crippen LogP contribution in [0.1, 0.15) is 0 Å². The summed E-state index contributed by atoms with van der Waals surface area (Å²) >= 11 is 0. The zero-order valence-electron chi connectivity index (χ0n) is 9.80. The van der Waals surface area contributed by atoms with Crippen LogP contribution in [0, 0.1) is 5.82 Å². The quantitative estimate of drug-likeness (QED) is 0.609. The zero-order chi connectivity index (χ0) is 14.0. The number of benzene rings is 1. The van der Waals surface area contributed by atoms with E-state index in [1.807, 2.05) is 0 Å². The van der Waals surface area contributed by atoms with Crippen LogP contribution < -0.4 is 11.1 Å². The van der Waals surface area contributed by atoms with Crippen molar-refractivity contribution in [2.24, 2.45) is 0 Å². The molecule has 0 saturated carbocycles. The van der Waals surface area contributed by atoms with Gasteiger partial charge in [0.15, 0.2) is 0 Å². The largest absolute Gasteiger partial charge is 0.480 e. The number of carboxylic acids is 1. The summed E-state index contributed by atoms with van der Waals surface area (Å²) in [6.07, 6.45) is 1.39. The van der Waals surface area contributed by atoms with Gasteiger partial charge in [-0.05, 0) is 18.2 Å². The van der Waals surface area contributed by atoms with Crippen molar-refractivity contribution in [2.45, 2.75) is 6.04 Å². The Kier molecular flexibility index (Phi) is 3.48. The van der Waals surface area contributed by atoms with Crippen molar-refractivity contribution in [2.75, 3.05) is 17.7 Å². The lowest BCUT2D eigenvalue weighted by molar-refractivity contribution is -0.138. The van der Waals surface area contributed by atoms with E-state index >= 15 is 0 Å². The number of aliphatic hydroxyl groups excluding tert-OH is 1. The molecule has 6 nitrogen and oxygen atoms in total. The average molecular weight is 265 g/mol. The molecule has 100 valence electrons. The molecule has 0 aliphatic heterocycles. The van der Waals surface area contributed by atoms with Crippen LogP contribution >= 0.6 is 0 Å². The van der Waals surface area contributed by atoms with E-state index in [2.05, 4.69) is 10.3 Å². The van der Waals surface area contributed by atoms with Crippen LogP contribution in [0.2, 0.25) is 0 Å². The van der Waals surface area contributed by atoms with Gasteiger partial charge in [-0.3, -0.25) is 0 Å². The van der Waals surface area contributed by atoms with Crippen LogP contribution in [-0.4, -0.2) is 33.8 Å². The standard InChI is InChI=1S/C12H12FN3O3/c13-7-1-2-8(14)6-3-4-15-11(10(6)7)16-9(5-17)12(18)19/h1-4,9,17H,5,14H2,(H,15,16)(H,18,19). The van der Waals surface area contributed by atoms with E-state index in [-0.39, 0.29) is 11.2 Å². The summed E-state index contributed by atoms with van der Waals surface area (Å²) in [5.41, 5.74) is 6.09. The lowest BCUT2D eigenvalue weighted by atomic mass is 10.1. The Morgan fingerprint density at radius 2 is 2.21 bits per heavy atom. The summed E-state index contributed by atoms with van der Waals surface area (Å²) in [6.45, 7) is -0.642. The second-order valence-electron chi connectivity index (χ2n) is 3.94. The number of halogens is 1. The molecule has 19 heavy (non-hydrogen) atoms. The highest BCUT2D eigenvalue weighted by Crippen LogP contribution is 2.28. The third-order valence-corrected chi connectivity index (χ3v) is 2.70. The summed E-state index contributed by atoms with van der Waals surface area (Å²) in [7, 11) is 0. The maximum absolute atomic E-state index is 13.8. The zero-order valence-corrected chi connectivity index (χ0v) is 9.80. The molecule has 5 N–H and O–H groups in total.